The van der Waals surface area contributed by atoms with E-state index in [0.717, 1.165) is 73.3 Å². The maximum absolute atomic E-state index is 13.8. The molecule has 2 amide bonds. The van der Waals surface area contributed by atoms with Gasteiger partial charge in [0, 0.05) is 68.2 Å². The van der Waals surface area contributed by atoms with Crippen molar-refractivity contribution in [3.05, 3.63) is 95.1 Å². The first-order valence-electron chi connectivity index (χ1n) is 15.5. The van der Waals surface area contributed by atoms with Gasteiger partial charge in [0.2, 0.25) is 0 Å². The fourth-order valence-electron chi connectivity index (χ4n) is 6.61. The summed E-state index contributed by atoms with van der Waals surface area (Å²) >= 11 is 1.35. The Kier molecular flexibility index (Phi) is 8.37. The van der Waals surface area contributed by atoms with Crippen LogP contribution in [0.4, 0.5) is 10.9 Å². The second-order valence-electron chi connectivity index (χ2n) is 11.8. The molecule has 1 unspecified atom stereocenters. The molecule has 7 rings (SSSR count). The summed E-state index contributed by atoms with van der Waals surface area (Å²) in [6.07, 6.45) is 6.12. The number of fused-ring (bicyclic) bond motifs is 1. The Hall–Kier alpha value is -4.12. The number of carbonyl (C=O) groups excluding carboxylic acids is 2. The van der Waals surface area contributed by atoms with Crippen LogP contribution in [0, 0.1) is 5.92 Å². The summed E-state index contributed by atoms with van der Waals surface area (Å²) in [5, 5.41) is 8.68. The van der Waals surface area contributed by atoms with Crippen molar-refractivity contribution in [3.8, 4) is 11.1 Å². The van der Waals surface area contributed by atoms with Crippen LogP contribution in [0.3, 0.4) is 0 Å². The molecule has 2 saturated heterocycles. The van der Waals surface area contributed by atoms with Gasteiger partial charge in [-0.25, -0.2) is 9.97 Å². The van der Waals surface area contributed by atoms with E-state index in [-0.39, 0.29) is 11.8 Å². The Balaban J connectivity index is 1.03. The molecule has 3 aliphatic heterocycles. The number of nitrogens with one attached hydrogen (secondary N) is 2. The van der Waals surface area contributed by atoms with E-state index in [1.54, 1.807) is 11.1 Å². The SMILES string of the molecule is O=C(Nc1nccs1)C(c1ccccc1)N1Cc2ccc(-c3ccc(N4CCN(CC5CCNCC5)CC4)nc3)cc2C1=O. The van der Waals surface area contributed by atoms with Crippen molar-refractivity contribution >= 4 is 34.1 Å². The molecule has 0 radical (unpaired) electrons. The molecule has 10 heteroatoms. The Morgan fingerprint density at radius 1 is 0.977 bits per heavy atom. The van der Waals surface area contributed by atoms with Gasteiger partial charge in [0.05, 0.1) is 0 Å². The van der Waals surface area contributed by atoms with Crippen LogP contribution >= 0.6 is 11.3 Å². The number of pyridine rings is 1. The number of hydrogen-bond donors (Lipinski definition) is 2. The Bertz CT molecular complexity index is 1580. The molecule has 0 spiro atoms. The molecule has 0 aliphatic carbocycles. The van der Waals surface area contributed by atoms with E-state index in [4.69, 9.17) is 4.98 Å². The van der Waals surface area contributed by atoms with E-state index < -0.39 is 6.04 Å². The van der Waals surface area contributed by atoms with Gasteiger partial charge in [0.25, 0.3) is 11.8 Å². The Labute approximate surface area is 261 Å². The highest BCUT2D eigenvalue weighted by atomic mass is 32.1. The van der Waals surface area contributed by atoms with Gasteiger partial charge in [-0.2, -0.15) is 0 Å². The van der Waals surface area contributed by atoms with Gasteiger partial charge in [0.1, 0.15) is 11.9 Å². The predicted octanol–water partition coefficient (Wildman–Crippen LogP) is 4.66. The Morgan fingerprint density at radius 3 is 2.50 bits per heavy atom. The van der Waals surface area contributed by atoms with E-state index in [0.29, 0.717) is 17.2 Å². The summed E-state index contributed by atoms with van der Waals surface area (Å²) in [6.45, 7) is 7.98. The lowest BCUT2D eigenvalue weighted by molar-refractivity contribution is -0.120. The number of amides is 2. The molecule has 0 bridgehead atoms. The number of anilines is 2. The number of hydrogen-bond acceptors (Lipinski definition) is 8. The van der Waals surface area contributed by atoms with Gasteiger partial charge in [0.15, 0.2) is 5.13 Å². The number of carbonyl (C=O) groups is 2. The van der Waals surface area contributed by atoms with Crippen LogP contribution in [0.2, 0.25) is 0 Å². The topological polar surface area (TPSA) is 93.7 Å². The second-order valence-corrected chi connectivity index (χ2v) is 12.7. The summed E-state index contributed by atoms with van der Waals surface area (Å²) in [5.41, 5.74) is 4.20. The monoisotopic (exact) mass is 607 g/mol. The molecule has 0 saturated carbocycles. The van der Waals surface area contributed by atoms with Crippen molar-refractivity contribution in [1.82, 2.24) is 25.1 Å². The number of thiazole rings is 1. The number of piperazine rings is 1. The molecule has 2 aromatic carbocycles. The van der Waals surface area contributed by atoms with Crippen molar-refractivity contribution in [1.29, 1.82) is 0 Å². The van der Waals surface area contributed by atoms with Crippen molar-refractivity contribution in [2.24, 2.45) is 5.92 Å². The number of piperidine rings is 1. The van der Waals surface area contributed by atoms with Crippen LogP contribution in [-0.2, 0) is 11.3 Å². The zero-order chi connectivity index (χ0) is 29.9. The van der Waals surface area contributed by atoms with Crippen molar-refractivity contribution in [2.45, 2.75) is 25.4 Å². The summed E-state index contributed by atoms with van der Waals surface area (Å²) in [4.78, 5) is 43.0. The third-order valence-corrected chi connectivity index (χ3v) is 9.72. The van der Waals surface area contributed by atoms with Crippen LogP contribution in [0.1, 0.15) is 40.4 Å². The van der Waals surface area contributed by atoms with Crippen molar-refractivity contribution in [2.75, 3.05) is 56.0 Å². The fourth-order valence-corrected chi connectivity index (χ4v) is 7.14. The summed E-state index contributed by atoms with van der Waals surface area (Å²) in [5.74, 6) is 1.38. The smallest absolute Gasteiger partial charge is 0.255 e. The molecule has 3 aliphatic rings. The largest absolute Gasteiger partial charge is 0.354 e. The highest BCUT2D eigenvalue weighted by Gasteiger charge is 2.38. The summed E-state index contributed by atoms with van der Waals surface area (Å²) < 4.78 is 0. The molecule has 9 nitrogen and oxygen atoms in total. The number of rotatable bonds is 8. The second kappa shape index (κ2) is 12.9. The zero-order valence-corrected chi connectivity index (χ0v) is 25.5. The van der Waals surface area contributed by atoms with E-state index in [9.17, 15) is 9.59 Å². The molecule has 2 N–H and O–H groups in total. The molecular weight excluding hydrogens is 570 g/mol. The highest BCUT2D eigenvalue weighted by molar-refractivity contribution is 7.13. The molecule has 1 atom stereocenters. The highest BCUT2D eigenvalue weighted by Crippen LogP contribution is 2.35. The average Bonchev–Trinajstić information content (AvgIpc) is 3.70. The molecule has 2 fully saturated rings. The third-order valence-electron chi connectivity index (χ3n) is 9.03. The van der Waals surface area contributed by atoms with Crippen LogP contribution < -0.4 is 15.5 Å². The average molecular weight is 608 g/mol. The van der Waals surface area contributed by atoms with Crippen LogP contribution in [-0.4, -0.2) is 77.4 Å². The van der Waals surface area contributed by atoms with Crippen LogP contribution in [0.15, 0.2) is 78.4 Å². The predicted molar refractivity (Wildman–Crippen MR) is 174 cm³/mol. The van der Waals surface area contributed by atoms with Crippen LogP contribution in [0.5, 0.6) is 0 Å². The Morgan fingerprint density at radius 2 is 1.77 bits per heavy atom. The van der Waals surface area contributed by atoms with E-state index in [2.05, 4.69) is 37.6 Å². The summed E-state index contributed by atoms with van der Waals surface area (Å²) in [7, 11) is 0. The molecule has 4 aromatic rings. The minimum absolute atomic E-state index is 0.156. The standard InChI is InChI=1S/C34H37N7O2S/c42-32(38-34-36-14-19-44-34)31(25-4-2-1-3-5-25)41-23-28-7-6-26(20-29(28)33(41)43)27-8-9-30(37-21-27)40-17-15-39(16-18-40)22-24-10-12-35-13-11-24/h1-9,14,19-21,24,31,35H,10-13,15-18,22-23H2,(H,36,38,42). The normalized spacial score (nSPS) is 18.3. The lowest BCUT2D eigenvalue weighted by Gasteiger charge is -2.37. The van der Waals surface area contributed by atoms with Gasteiger partial charge in [-0.05, 0) is 66.7 Å². The zero-order valence-electron chi connectivity index (χ0n) is 24.7. The van der Waals surface area contributed by atoms with Crippen LogP contribution in [0.25, 0.3) is 11.1 Å². The molecular formula is C34H37N7O2S. The molecule has 2 aromatic heterocycles. The van der Waals surface area contributed by atoms with E-state index in [1.807, 2.05) is 60.1 Å². The van der Waals surface area contributed by atoms with E-state index in [1.165, 1.54) is 30.7 Å². The number of benzene rings is 2. The van der Waals surface area contributed by atoms with Gasteiger partial charge in [-0.1, -0.05) is 42.5 Å². The summed E-state index contributed by atoms with van der Waals surface area (Å²) in [6, 6.07) is 18.8. The lowest BCUT2D eigenvalue weighted by atomic mass is 9.97. The van der Waals surface area contributed by atoms with Crippen molar-refractivity contribution < 1.29 is 9.59 Å². The van der Waals surface area contributed by atoms with Gasteiger partial charge in [-0.15, -0.1) is 11.3 Å². The maximum Gasteiger partial charge on any atom is 0.255 e. The lowest BCUT2D eigenvalue weighted by Crippen LogP contribution is -2.48. The quantitative estimate of drug-likeness (QED) is 0.301. The first kappa shape index (κ1) is 28.6. The van der Waals surface area contributed by atoms with Crippen molar-refractivity contribution in [3.63, 3.8) is 0 Å². The van der Waals surface area contributed by atoms with Gasteiger partial charge >= 0.3 is 0 Å². The first-order chi connectivity index (χ1) is 21.6. The first-order valence-corrected chi connectivity index (χ1v) is 16.3. The molecule has 226 valence electrons. The maximum atomic E-state index is 13.8. The van der Waals surface area contributed by atoms with Gasteiger partial charge < -0.3 is 15.1 Å². The molecule has 5 heterocycles. The number of nitrogens with zero attached hydrogens (tertiary/aromatic N) is 5. The third kappa shape index (κ3) is 6.10. The fraction of sp³-hybridized carbons (Fsp3) is 0.353. The minimum atomic E-state index is -0.774. The molecule has 44 heavy (non-hydrogen) atoms. The number of aromatic nitrogens is 2. The minimum Gasteiger partial charge on any atom is -0.354 e. The van der Waals surface area contributed by atoms with Gasteiger partial charge in [-0.3, -0.25) is 19.8 Å². The van der Waals surface area contributed by atoms with E-state index >= 15 is 0 Å².